The average Bonchev–Trinajstić information content (AvgIpc) is 3.71. The number of nitrogens with one attached hydrogen (secondary N) is 2. The van der Waals surface area contributed by atoms with Crippen molar-refractivity contribution in [1.82, 2.24) is 29.5 Å². The van der Waals surface area contributed by atoms with E-state index in [4.69, 9.17) is 10.5 Å². The van der Waals surface area contributed by atoms with Crippen molar-refractivity contribution in [2.24, 2.45) is 11.7 Å². The second kappa shape index (κ2) is 15.0. The van der Waals surface area contributed by atoms with Crippen molar-refractivity contribution in [3.8, 4) is 22.4 Å². The quantitative estimate of drug-likeness (QED) is 0.149. The molecule has 1 aliphatic rings. The number of likely N-dealkylation sites (tertiary alicyclic amines) is 1. The van der Waals surface area contributed by atoms with E-state index in [9.17, 15) is 9.59 Å². The van der Waals surface area contributed by atoms with Crippen molar-refractivity contribution in [1.29, 1.82) is 0 Å². The summed E-state index contributed by atoms with van der Waals surface area (Å²) in [4.78, 5) is 33.6. The summed E-state index contributed by atoms with van der Waals surface area (Å²) in [6.45, 7) is 7.29. The maximum Gasteiger partial charge on any atom is 0.272 e. The van der Waals surface area contributed by atoms with E-state index < -0.39 is 11.6 Å². The molecule has 0 bridgehead atoms. The van der Waals surface area contributed by atoms with Crippen LogP contribution in [0.5, 0.6) is 0 Å². The minimum Gasteiger partial charge on any atom is -0.383 e. The molecule has 4 N–H and O–H groups in total. The first-order valence-corrected chi connectivity index (χ1v) is 17.1. The number of anilines is 2. The normalized spacial score (nSPS) is 17.5. The van der Waals surface area contributed by atoms with E-state index in [0.717, 1.165) is 31.5 Å². The van der Waals surface area contributed by atoms with Crippen molar-refractivity contribution in [3.05, 3.63) is 83.6 Å². The molecule has 0 radical (unpaired) electrons. The molecule has 4 heterocycles. The van der Waals surface area contributed by atoms with Gasteiger partial charge in [0.15, 0.2) is 29.6 Å². The molecule has 3 aromatic heterocycles. The van der Waals surface area contributed by atoms with Crippen LogP contribution in [0.15, 0.2) is 55.1 Å². The number of carbonyl (C=O) groups excluding carboxylic acids is 2. The molecular weight excluding hydrogens is 656 g/mol. The van der Waals surface area contributed by atoms with Crippen LogP contribution in [-0.2, 0) is 22.5 Å². The molecule has 14 heteroatoms. The second-order valence-electron chi connectivity index (χ2n) is 13.5. The fraction of sp³-hybridized carbons (Fsp3) is 0.378. The van der Waals surface area contributed by atoms with E-state index in [1.165, 1.54) is 6.20 Å². The third-order valence-corrected chi connectivity index (χ3v) is 9.78. The Balaban J connectivity index is 1.17. The number of piperidine rings is 1. The molecule has 1 aliphatic heterocycles. The van der Waals surface area contributed by atoms with E-state index in [2.05, 4.69) is 25.7 Å². The van der Waals surface area contributed by atoms with Crippen molar-refractivity contribution < 1.29 is 27.6 Å². The van der Waals surface area contributed by atoms with Gasteiger partial charge < -0.3 is 25.6 Å². The molecule has 268 valence electrons. The summed E-state index contributed by atoms with van der Waals surface area (Å²) in [5.41, 5.74) is 9.64. The Morgan fingerprint density at radius 2 is 1.82 bits per heavy atom. The van der Waals surface area contributed by atoms with Crippen LogP contribution in [0.1, 0.15) is 41.4 Å². The lowest BCUT2D eigenvalue weighted by atomic mass is 9.94. The number of amides is 2. The van der Waals surface area contributed by atoms with Crippen LogP contribution in [-0.4, -0.2) is 87.4 Å². The van der Waals surface area contributed by atoms with Crippen LogP contribution >= 0.6 is 0 Å². The number of likely N-dealkylation sites (N-methyl/N-ethyl adjacent to an activating group) is 1. The van der Waals surface area contributed by atoms with Crippen LogP contribution in [0, 0.1) is 24.5 Å². The van der Waals surface area contributed by atoms with Gasteiger partial charge in [-0.15, -0.1) is 0 Å². The molecule has 51 heavy (non-hydrogen) atoms. The average molecular weight is 701 g/mol. The summed E-state index contributed by atoms with van der Waals surface area (Å²) in [6, 6.07) is 8.60. The van der Waals surface area contributed by atoms with Crippen molar-refractivity contribution in [2.45, 2.75) is 39.7 Å². The number of fused-ring (bicyclic) bond motifs is 1. The van der Waals surface area contributed by atoms with E-state index in [0.29, 0.717) is 82.7 Å². The third kappa shape index (κ3) is 7.61. The molecule has 5 aromatic rings. The Morgan fingerprint density at radius 1 is 1.08 bits per heavy atom. The van der Waals surface area contributed by atoms with Gasteiger partial charge in [-0.2, -0.15) is 5.10 Å². The molecule has 6 rings (SSSR count). The molecular formula is C37H44F2N9O3+. The molecule has 0 aliphatic carbocycles. The molecule has 1 fully saturated rings. The number of nitrogens with two attached hydrogens (primary N) is 1. The predicted molar refractivity (Wildman–Crippen MR) is 190 cm³/mol. The number of benzene rings is 2. The van der Waals surface area contributed by atoms with Crippen molar-refractivity contribution >= 4 is 29.0 Å². The molecule has 2 aromatic carbocycles. The molecule has 0 atom stereocenters. The standard InChI is InChI=1S/C37H43F2N9O3/c1-5-25-18-26(6-7-27(25)37(50)43-19-24-10-15-48(3,16-11-24)22-32(40)49)44-35-36-42-20-31(47(36)13-12-41-35)29-9-8-28(33(38)34(29)39)30-21-46(14-17-51-4)45-23(30)2/h6-9,12-13,18,20-21,24H,5,10-11,14-17,19,22H2,1-4H3,(H3-,40,41,43,44,49,50)/p+1. The first kappa shape index (κ1) is 35.6. The summed E-state index contributed by atoms with van der Waals surface area (Å²) in [5, 5.41) is 10.8. The van der Waals surface area contributed by atoms with Crippen LogP contribution in [0.2, 0.25) is 0 Å². The predicted octanol–water partition coefficient (Wildman–Crippen LogP) is 4.87. The summed E-state index contributed by atoms with van der Waals surface area (Å²) in [7, 11) is 3.64. The topological polar surface area (TPSA) is 141 Å². The molecule has 0 unspecified atom stereocenters. The second-order valence-corrected chi connectivity index (χ2v) is 13.5. The minimum atomic E-state index is -0.990. The lowest BCUT2D eigenvalue weighted by Crippen LogP contribution is -2.54. The first-order valence-electron chi connectivity index (χ1n) is 17.1. The van der Waals surface area contributed by atoms with E-state index >= 15 is 8.78 Å². The number of hydrogen-bond donors (Lipinski definition) is 3. The Hall–Kier alpha value is -5.21. The smallest absolute Gasteiger partial charge is 0.272 e. The Morgan fingerprint density at radius 3 is 2.55 bits per heavy atom. The van der Waals surface area contributed by atoms with Gasteiger partial charge in [0, 0.05) is 73.0 Å². The molecule has 1 saturated heterocycles. The largest absolute Gasteiger partial charge is 0.383 e. The Bertz CT molecular complexity index is 2070. The number of ether oxygens (including phenoxy) is 1. The van der Waals surface area contributed by atoms with Gasteiger partial charge in [0.2, 0.25) is 0 Å². The number of carbonyl (C=O) groups is 2. The lowest BCUT2D eigenvalue weighted by molar-refractivity contribution is -0.907. The van der Waals surface area contributed by atoms with Gasteiger partial charge in [0.1, 0.15) is 0 Å². The van der Waals surface area contributed by atoms with Crippen LogP contribution < -0.4 is 16.4 Å². The van der Waals surface area contributed by atoms with E-state index in [1.54, 1.807) is 59.9 Å². The van der Waals surface area contributed by atoms with Crippen LogP contribution in [0.25, 0.3) is 28.0 Å². The fourth-order valence-corrected chi connectivity index (χ4v) is 6.88. The van der Waals surface area contributed by atoms with Gasteiger partial charge in [-0.3, -0.25) is 18.7 Å². The third-order valence-electron chi connectivity index (χ3n) is 9.78. The zero-order valence-corrected chi connectivity index (χ0v) is 29.4. The number of methoxy groups -OCH3 is 1. The number of aryl methyl sites for hydroxylation is 2. The van der Waals surface area contributed by atoms with Gasteiger partial charge >= 0.3 is 0 Å². The molecule has 0 spiro atoms. The van der Waals surface area contributed by atoms with Crippen molar-refractivity contribution in [2.75, 3.05) is 52.3 Å². The molecule has 12 nitrogen and oxygen atoms in total. The number of rotatable bonds is 13. The summed E-state index contributed by atoms with van der Waals surface area (Å²) in [6.07, 6.45) is 8.84. The van der Waals surface area contributed by atoms with E-state index in [-0.39, 0.29) is 22.9 Å². The minimum absolute atomic E-state index is 0.0564. The first-order chi connectivity index (χ1) is 24.5. The van der Waals surface area contributed by atoms with Gasteiger partial charge in [0.05, 0.1) is 50.9 Å². The van der Waals surface area contributed by atoms with Gasteiger partial charge in [-0.25, -0.2) is 18.7 Å². The van der Waals surface area contributed by atoms with Gasteiger partial charge in [-0.1, -0.05) is 13.0 Å². The number of hydrogen-bond acceptors (Lipinski definition) is 7. The molecule has 0 saturated carbocycles. The Kier molecular flexibility index (Phi) is 10.4. The highest BCUT2D eigenvalue weighted by molar-refractivity contribution is 5.96. The highest BCUT2D eigenvalue weighted by Gasteiger charge is 2.31. The lowest BCUT2D eigenvalue weighted by Gasteiger charge is -2.39. The molecule has 2 amide bonds. The maximum absolute atomic E-state index is 15.7. The fourth-order valence-electron chi connectivity index (χ4n) is 6.88. The van der Waals surface area contributed by atoms with Crippen LogP contribution in [0.3, 0.4) is 0 Å². The summed E-state index contributed by atoms with van der Waals surface area (Å²) >= 11 is 0. The highest BCUT2D eigenvalue weighted by Crippen LogP contribution is 2.34. The highest BCUT2D eigenvalue weighted by atomic mass is 19.2. The Labute approximate surface area is 295 Å². The number of imidazole rings is 1. The number of halogens is 2. The number of quaternary nitrogens is 1. The zero-order valence-electron chi connectivity index (χ0n) is 29.4. The SMILES string of the molecule is CCc1cc(Nc2nccn3c(-c4ccc(-c5cn(CCOC)nc5C)c(F)c4F)cnc23)ccc1C(=O)NCC1CC[N+](C)(CC(N)=O)CC1. The van der Waals surface area contributed by atoms with Crippen LogP contribution in [0.4, 0.5) is 20.3 Å². The number of primary amides is 1. The zero-order chi connectivity index (χ0) is 36.3. The maximum atomic E-state index is 15.7. The summed E-state index contributed by atoms with van der Waals surface area (Å²) in [5.74, 6) is -1.63. The monoisotopic (exact) mass is 700 g/mol. The van der Waals surface area contributed by atoms with Crippen molar-refractivity contribution in [3.63, 3.8) is 0 Å². The number of nitrogens with zero attached hydrogens (tertiary/aromatic N) is 6. The number of aromatic nitrogens is 5. The van der Waals surface area contributed by atoms with Gasteiger partial charge in [-0.05, 0) is 49.1 Å². The van der Waals surface area contributed by atoms with Gasteiger partial charge in [0.25, 0.3) is 11.8 Å². The van der Waals surface area contributed by atoms with E-state index in [1.807, 2.05) is 26.1 Å². The summed E-state index contributed by atoms with van der Waals surface area (Å²) < 4.78 is 40.3.